The zero-order valence-corrected chi connectivity index (χ0v) is 36.8. The summed E-state index contributed by atoms with van der Waals surface area (Å²) < 4.78 is 33.9. The Morgan fingerprint density at radius 1 is 0.556 bits per heavy atom. The first-order valence-corrected chi connectivity index (χ1v) is 23.9. The van der Waals surface area contributed by atoms with Crippen LogP contribution in [0, 0.1) is 0 Å². The summed E-state index contributed by atoms with van der Waals surface area (Å²) in [6.07, 6.45) is 38.0. The van der Waals surface area contributed by atoms with Crippen molar-refractivity contribution < 1.29 is 42.1 Å². The number of phosphoric acid groups is 1. The lowest BCUT2D eigenvalue weighted by Crippen LogP contribution is -2.37. The first-order chi connectivity index (χ1) is 26.0. The number of nitrogens with zero attached hydrogens (tertiary/aromatic N) is 1. The van der Waals surface area contributed by atoms with E-state index in [1.54, 1.807) is 0 Å². The van der Waals surface area contributed by atoms with Gasteiger partial charge in [-0.2, -0.15) is 0 Å². The molecule has 0 amide bonds. The van der Waals surface area contributed by atoms with E-state index in [0.29, 0.717) is 17.4 Å². The molecular formula is C44H86NO8P. The largest absolute Gasteiger partial charge is 0.756 e. The summed E-state index contributed by atoms with van der Waals surface area (Å²) in [5.41, 5.74) is 0. The molecule has 0 aromatic rings. The highest BCUT2D eigenvalue weighted by molar-refractivity contribution is 7.45. The van der Waals surface area contributed by atoms with Crippen LogP contribution in [0.2, 0.25) is 0 Å². The van der Waals surface area contributed by atoms with Gasteiger partial charge in [0.2, 0.25) is 0 Å². The number of hydrogen-bond donors (Lipinski definition) is 0. The molecule has 0 saturated heterocycles. The van der Waals surface area contributed by atoms with E-state index in [4.69, 9.17) is 18.5 Å². The Morgan fingerprint density at radius 3 is 1.37 bits per heavy atom. The van der Waals surface area contributed by atoms with Gasteiger partial charge >= 0.3 is 11.9 Å². The zero-order chi connectivity index (χ0) is 40.0. The molecule has 10 heteroatoms. The van der Waals surface area contributed by atoms with E-state index in [9.17, 15) is 19.0 Å². The fourth-order valence-electron chi connectivity index (χ4n) is 6.24. The van der Waals surface area contributed by atoms with E-state index in [-0.39, 0.29) is 32.0 Å². The molecule has 320 valence electrons. The molecule has 0 aliphatic heterocycles. The highest BCUT2D eigenvalue weighted by Gasteiger charge is 2.21. The maximum atomic E-state index is 12.7. The standard InChI is InChI=1S/C44H86NO8P/c1-6-8-10-12-14-16-18-20-21-22-23-25-27-29-31-33-35-37-44(47)53-42(41-52-54(48,49)51-39-38-45(3,4)5)40-50-43(46)36-34-32-30-28-26-24-19-17-15-13-11-9-7-2/h20-21,42H,6-19,22-41H2,1-5H3/b21-20-/t42-/m1/s1. The van der Waals surface area contributed by atoms with Crippen LogP contribution in [0.15, 0.2) is 12.2 Å². The Labute approximate surface area is 333 Å². The van der Waals surface area contributed by atoms with Crippen molar-refractivity contribution in [3.63, 3.8) is 0 Å². The SMILES string of the molecule is CCCCCCCC/C=C\CCCCCCCCCC(=O)O[C@H](COC(=O)CCCCCCCCCCCCCCC)COP(=O)([O-])OCC[N+](C)(C)C. The van der Waals surface area contributed by atoms with Gasteiger partial charge in [-0.15, -0.1) is 0 Å². The van der Waals surface area contributed by atoms with Gasteiger partial charge in [0.05, 0.1) is 27.7 Å². The number of unbranched alkanes of at least 4 members (excludes halogenated alkanes) is 25. The van der Waals surface area contributed by atoms with Gasteiger partial charge in [-0.05, 0) is 38.5 Å². The monoisotopic (exact) mass is 788 g/mol. The summed E-state index contributed by atoms with van der Waals surface area (Å²) in [5.74, 6) is -0.830. The number of esters is 2. The van der Waals surface area contributed by atoms with Crippen LogP contribution in [0.1, 0.15) is 206 Å². The molecule has 0 aliphatic rings. The zero-order valence-electron chi connectivity index (χ0n) is 35.9. The molecule has 0 heterocycles. The summed E-state index contributed by atoms with van der Waals surface area (Å²) >= 11 is 0. The minimum atomic E-state index is -4.62. The van der Waals surface area contributed by atoms with Gasteiger partial charge in [0.1, 0.15) is 19.8 Å². The Balaban J connectivity index is 4.33. The second kappa shape index (κ2) is 37.3. The Bertz CT molecular complexity index is 938. The third-order valence-corrected chi connectivity index (χ3v) is 10.7. The van der Waals surface area contributed by atoms with Gasteiger partial charge in [0, 0.05) is 12.8 Å². The molecule has 0 fully saturated rings. The van der Waals surface area contributed by atoms with E-state index in [0.717, 1.165) is 44.9 Å². The lowest BCUT2D eigenvalue weighted by Gasteiger charge is -2.28. The first-order valence-electron chi connectivity index (χ1n) is 22.4. The van der Waals surface area contributed by atoms with Crippen molar-refractivity contribution in [1.82, 2.24) is 0 Å². The third kappa shape index (κ3) is 40.4. The van der Waals surface area contributed by atoms with Crippen molar-refractivity contribution in [3.8, 4) is 0 Å². The summed E-state index contributed by atoms with van der Waals surface area (Å²) in [5, 5.41) is 0. The maximum Gasteiger partial charge on any atom is 0.306 e. The van der Waals surface area contributed by atoms with E-state index < -0.39 is 26.5 Å². The minimum Gasteiger partial charge on any atom is -0.756 e. The molecule has 1 unspecified atom stereocenters. The van der Waals surface area contributed by atoms with Crippen LogP contribution in [0.25, 0.3) is 0 Å². The minimum absolute atomic E-state index is 0.0286. The molecule has 0 spiro atoms. The fourth-order valence-corrected chi connectivity index (χ4v) is 6.97. The van der Waals surface area contributed by atoms with Crippen LogP contribution in [-0.2, 0) is 32.7 Å². The lowest BCUT2D eigenvalue weighted by atomic mass is 10.0. The van der Waals surface area contributed by atoms with E-state index in [1.165, 1.54) is 128 Å². The van der Waals surface area contributed by atoms with Gasteiger partial charge in [0.25, 0.3) is 7.82 Å². The van der Waals surface area contributed by atoms with E-state index >= 15 is 0 Å². The van der Waals surface area contributed by atoms with Crippen LogP contribution in [-0.4, -0.2) is 70.0 Å². The Morgan fingerprint density at radius 2 is 0.944 bits per heavy atom. The predicted molar refractivity (Wildman–Crippen MR) is 222 cm³/mol. The number of likely N-dealkylation sites (N-methyl/N-ethyl adjacent to an activating group) is 1. The van der Waals surface area contributed by atoms with Gasteiger partial charge in [0.15, 0.2) is 6.10 Å². The lowest BCUT2D eigenvalue weighted by molar-refractivity contribution is -0.870. The van der Waals surface area contributed by atoms with Crippen molar-refractivity contribution in [1.29, 1.82) is 0 Å². The number of hydrogen-bond acceptors (Lipinski definition) is 8. The molecule has 0 rings (SSSR count). The highest BCUT2D eigenvalue weighted by atomic mass is 31.2. The topological polar surface area (TPSA) is 111 Å². The van der Waals surface area contributed by atoms with Gasteiger partial charge < -0.3 is 27.9 Å². The molecule has 0 N–H and O–H groups in total. The van der Waals surface area contributed by atoms with Crippen molar-refractivity contribution in [2.45, 2.75) is 213 Å². The number of carbonyl (C=O) groups is 2. The van der Waals surface area contributed by atoms with Crippen LogP contribution in [0.3, 0.4) is 0 Å². The smallest absolute Gasteiger partial charge is 0.306 e. The Kier molecular flexibility index (Phi) is 36.5. The van der Waals surface area contributed by atoms with E-state index in [1.807, 2.05) is 21.1 Å². The van der Waals surface area contributed by atoms with Gasteiger partial charge in [-0.3, -0.25) is 14.2 Å². The third-order valence-electron chi connectivity index (χ3n) is 9.79. The van der Waals surface area contributed by atoms with Gasteiger partial charge in [-0.1, -0.05) is 167 Å². The molecule has 0 aromatic carbocycles. The van der Waals surface area contributed by atoms with Gasteiger partial charge in [-0.25, -0.2) is 0 Å². The van der Waals surface area contributed by atoms with Crippen molar-refractivity contribution in [2.75, 3.05) is 47.5 Å². The average Bonchev–Trinajstić information content (AvgIpc) is 3.12. The fraction of sp³-hybridized carbons (Fsp3) is 0.909. The maximum absolute atomic E-state index is 12.7. The number of quaternary nitrogens is 1. The van der Waals surface area contributed by atoms with Crippen LogP contribution >= 0.6 is 7.82 Å². The number of rotatable bonds is 41. The predicted octanol–water partition coefficient (Wildman–Crippen LogP) is 11.9. The molecule has 0 aromatic heterocycles. The summed E-state index contributed by atoms with van der Waals surface area (Å²) in [6, 6.07) is 0. The molecule has 0 bridgehead atoms. The highest BCUT2D eigenvalue weighted by Crippen LogP contribution is 2.38. The van der Waals surface area contributed by atoms with Crippen molar-refractivity contribution in [3.05, 3.63) is 12.2 Å². The molecule has 0 saturated carbocycles. The van der Waals surface area contributed by atoms with Crippen LogP contribution in [0.5, 0.6) is 0 Å². The van der Waals surface area contributed by atoms with Crippen molar-refractivity contribution in [2.24, 2.45) is 0 Å². The quantitative estimate of drug-likeness (QED) is 0.0198. The Hall–Kier alpha value is -1.25. The average molecular weight is 788 g/mol. The first kappa shape index (κ1) is 52.8. The normalized spacial score (nSPS) is 13.7. The van der Waals surface area contributed by atoms with Crippen LogP contribution in [0.4, 0.5) is 0 Å². The molecule has 54 heavy (non-hydrogen) atoms. The summed E-state index contributed by atoms with van der Waals surface area (Å²) in [7, 11) is 1.17. The molecular weight excluding hydrogens is 701 g/mol. The van der Waals surface area contributed by atoms with Crippen LogP contribution < -0.4 is 4.89 Å². The number of carbonyl (C=O) groups excluding carboxylic acids is 2. The molecule has 0 radical (unpaired) electrons. The number of phosphoric ester groups is 1. The number of ether oxygens (including phenoxy) is 2. The summed E-state index contributed by atoms with van der Waals surface area (Å²) in [6.45, 7) is 4.24. The molecule has 0 aliphatic carbocycles. The molecule has 2 atom stereocenters. The number of allylic oxidation sites excluding steroid dienone is 2. The molecule has 9 nitrogen and oxygen atoms in total. The summed E-state index contributed by atoms with van der Waals surface area (Å²) in [4.78, 5) is 37.5. The van der Waals surface area contributed by atoms with Crippen molar-refractivity contribution >= 4 is 19.8 Å². The second-order valence-corrected chi connectivity index (χ2v) is 17.8. The van der Waals surface area contributed by atoms with E-state index in [2.05, 4.69) is 26.0 Å². The second-order valence-electron chi connectivity index (χ2n) is 16.4.